The summed E-state index contributed by atoms with van der Waals surface area (Å²) in [5, 5.41) is 0. The Hall–Kier alpha value is -6.07. The molecule has 3 aromatic heterocycles. The molecule has 0 saturated carbocycles. The standard InChI is InChI=1S/C54H57N5/c1-8-37(2)31-38(3)17-16-18-41-32-49(58(42-19-10-9-11-20-42)51-28-24-39(4)35-56-51)53(48-23-14-15-30-55-48)50(33-41)59(52-29-25-40(5)36-57-52)43-26-27-45-44-21-12-13-22-46(44)54(6,7)47(45)34-43/h9-15,19-30,32-38H,8,16-18,31H2,1-7H3. The van der Waals surface area contributed by atoms with E-state index in [4.69, 9.17) is 15.0 Å². The van der Waals surface area contributed by atoms with Gasteiger partial charge in [0.25, 0.3) is 0 Å². The number of fused-ring (bicyclic) bond motifs is 3. The van der Waals surface area contributed by atoms with Crippen molar-refractivity contribution in [2.24, 2.45) is 11.8 Å². The summed E-state index contributed by atoms with van der Waals surface area (Å²) < 4.78 is 0. The van der Waals surface area contributed by atoms with Crippen molar-refractivity contribution < 1.29 is 0 Å². The van der Waals surface area contributed by atoms with Crippen LogP contribution in [0.1, 0.15) is 88.1 Å². The van der Waals surface area contributed by atoms with Crippen LogP contribution in [0.2, 0.25) is 0 Å². The van der Waals surface area contributed by atoms with Crippen LogP contribution in [-0.2, 0) is 11.8 Å². The highest BCUT2D eigenvalue weighted by Gasteiger charge is 2.36. The number of hydrogen-bond acceptors (Lipinski definition) is 5. The maximum atomic E-state index is 5.17. The predicted octanol–water partition coefficient (Wildman–Crippen LogP) is 14.8. The minimum Gasteiger partial charge on any atom is -0.294 e. The van der Waals surface area contributed by atoms with Crippen LogP contribution >= 0.6 is 0 Å². The van der Waals surface area contributed by atoms with Gasteiger partial charge in [0.2, 0.25) is 0 Å². The van der Waals surface area contributed by atoms with E-state index < -0.39 is 0 Å². The van der Waals surface area contributed by atoms with Crippen molar-refractivity contribution in [2.45, 2.75) is 86.0 Å². The van der Waals surface area contributed by atoms with Crippen LogP contribution in [0.5, 0.6) is 0 Å². The number of aryl methyl sites for hydroxylation is 3. The first kappa shape index (κ1) is 39.7. The van der Waals surface area contributed by atoms with E-state index in [2.05, 4.69) is 180 Å². The first-order chi connectivity index (χ1) is 28.6. The van der Waals surface area contributed by atoms with E-state index in [-0.39, 0.29) is 5.41 Å². The van der Waals surface area contributed by atoms with E-state index >= 15 is 0 Å². The third kappa shape index (κ3) is 8.16. The molecule has 1 aliphatic rings. The number of benzene rings is 4. The van der Waals surface area contributed by atoms with Crippen molar-refractivity contribution >= 4 is 34.4 Å². The number of hydrogen-bond donors (Lipinski definition) is 0. The van der Waals surface area contributed by atoms with Crippen LogP contribution in [-0.4, -0.2) is 15.0 Å². The van der Waals surface area contributed by atoms with Gasteiger partial charge in [-0.2, -0.15) is 0 Å². The second kappa shape index (κ2) is 17.0. The second-order valence-electron chi connectivity index (χ2n) is 17.3. The molecule has 5 nitrogen and oxygen atoms in total. The van der Waals surface area contributed by atoms with Crippen LogP contribution in [0.25, 0.3) is 22.4 Å². The minimum atomic E-state index is -0.168. The zero-order valence-corrected chi connectivity index (χ0v) is 35.8. The molecule has 0 saturated heterocycles. The molecule has 7 aromatic rings. The molecule has 0 N–H and O–H groups in total. The first-order valence-electron chi connectivity index (χ1n) is 21.5. The predicted molar refractivity (Wildman–Crippen MR) is 248 cm³/mol. The molecule has 0 bridgehead atoms. The number of anilines is 6. The molecule has 4 aromatic carbocycles. The summed E-state index contributed by atoms with van der Waals surface area (Å²) in [7, 11) is 0. The molecule has 2 atom stereocenters. The van der Waals surface area contributed by atoms with Crippen LogP contribution < -0.4 is 9.80 Å². The fraction of sp³-hybridized carbons (Fsp3) is 0.278. The topological polar surface area (TPSA) is 45.2 Å². The van der Waals surface area contributed by atoms with Crippen molar-refractivity contribution in [1.29, 1.82) is 0 Å². The molecule has 2 unspecified atom stereocenters. The summed E-state index contributed by atoms with van der Waals surface area (Å²) in [5.41, 5.74) is 14.6. The van der Waals surface area contributed by atoms with Gasteiger partial charge in [-0.05, 0) is 145 Å². The molecule has 3 heterocycles. The third-order valence-electron chi connectivity index (χ3n) is 12.3. The number of aromatic nitrogens is 3. The molecule has 1 aliphatic carbocycles. The quantitative estimate of drug-likeness (QED) is 0.110. The molecule has 0 aliphatic heterocycles. The fourth-order valence-electron chi connectivity index (χ4n) is 8.95. The molecule has 5 heteroatoms. The summed E-state index contributed by atoms with van der Waals surface area (Å²) in [4.78, 5) is 20.0. The molecule has 0 radical (unpaired) electrons. The van der Waals surface area contributed by atoms with E-state index in [0.29, 0.717) is 5.92 Å². The van der Waals surface area contributed by atoms with E-state index in [1.807, 2.05) is 24.7 Å². The normalized spacial score (nSPS) is 13.7. The van der Waals surface area contributed by atoms with E-state index in [1.54, 1.807) is 0 Å². The van der Waals surface area contributed by atoms with E-state index in [0.717, 1.165) is 75.5 Å². The smallest absolute Gasteiger partial charge is 0.137 e. The molecule has 8 rings (SSSR count). The summed E-state index contributed by atoms with van der Waals surface area (Å²) in [6.45, 7) is 16.0. The molecule has 0 fully saturated rings. The average Bonchev–Trinajstić information content (AvgIpc) is 3.48. The summed E-state index contributed by atoms with van der Waals surface area (Å²) >= 11 is 0. The van der Waals surface area contributed by atoms with Crippen LogP contribution in [0.4, 0.5) is 34.4 Å². The fourth-order valence-corrected chi connectivity index (χ4v) is 8.95. The highest BCUT2D eigenvalue weighted by atomic mass is 15.2. The number of pyridine rings is 3. The van der Waals surface area contributed by atoms with Gasteiger partial charge in [-0.3, -0.25) is 14.8 Å². The Balaban J connectivity index is 1.40. The molecule has 298 valence electrons. The van der Waals surface area contributed by atoms with Gasteiger partial charge in [0.1, 0.15) is 11.6 Å². The van der Waals surface area contributed by atoms with Gasteiger partial charge in [0.15, 0.2) is 0 Å². The molecular weight excluding hydrogens is 719 g/mol. The molecule has 0 amide bonds. The maximum Gasteiger partial charge on any atom is 0.137 e. The highest BCUT2D eigenvalue weighted by Crippen LogP contribution is 2.53. The average molecular weight is 776 g/mol. The summed E-state index contributed by atoms with van der Waals surface area (Å²) in [5.74, 6) is 3.11. The van der Waals surface area contributed by atoms with Gasteiger partial charge in [-0.1, -0.05) is 114 Å². The third-order valence-corrected chi connectivity index (χ3v) is 12.3. The van der Waals surface area contributed by atoms with Crippen molar-refractivity contribution in [3.63, 3.8) is 0 Å². The lowest BCUT2D eigenvalue weighted by atomic mass is 9.82. The maximum absolute atomic E-state index is 5.17. The highest BCUT2D eigenvalue weighted by molar-refractivity contribution is 5.98. The van der Waals surface area contributed by atoms with E-state index in [9.17, 15) is 0 Å². The second-order valence-corrected chi connectivity index (χ2v) is 17.3. The number of rotatable bonds is 14. The van der Waals surface area contributed by atoms with Gasteiger partial charge < -0.3 is 0 Å². The van der Waals surface area contributed by atoms with Crippen LogP contribution in [0.3, 0.4) is 0 Å². The zero-order valence-electron chi connectivity index (χ0n) is 35.8. The number of para-hydroxylation sites is 1. The Morgan fingerprint density at radius 3 is 1.85 bits per heavy atom. The Morgan fingerprint density at radius 1 is 0.593 bits per heavy atom. The lowest BCUT2D eigenvalue weighted by molar-refractivity contribution is 0.380. The monoisotopic (exact) mass is 775 g/mol. The van der Waals surface area contributed by atoms with Crippen molar-refractivity contribution in [3.8, 4) is 22.4 Å². The van der Waals surface area contributed by atoms with Crippen LogP contribution in [0, 0.1) is 25.7 Å². The summed E-state index contributed by atoms with van der Waals surface area (Å²) in [6.07, 6.45) is 11.5. The largest absolute Gasteiger partial charge is 0.294 e. The van der Waals surface area contributed by atoms with Crippen molar-refractivity contribution in [1.82, 2.24) is 15.0 Å². The molecule has 0 spiro atoms. The SMILES string of the molecule is CCC(C)CC(C)CCCc1cc(N(c2ccccc2)c2ccc(C)cn2)c(-c2ccccn2)c(N(c2ccc3c(c2)C(C)(C)c2ccccc2-3)c2ccc(C)cn2)c1. The minimum absolute atomic E-state index is 0.168. The Morgan fingerprint density at radius 2 is 1.22 bits per heavy atom. The van der Waals surface area contributed by atoms with Gasteiger partial charge in [0.05, 0.1) is 17.1 Å². The Bertz CT molecular complexity index is 2510. The molecule has 59 heavy (non-hydrogen) atoms. The van der Waals surface area contributed by atoms with Gasteiger partial charge in [0, 0.05) is 40.9 Å². The lowest BCUT2D eigenvalue weighted by Crippen LogP contribution is -2.19. The number of nitrogens with zero attached hydrogens (tertiary/aromatic N) is 5. The zero-order chi connectivity index (χ0) is 41.1. The summed E-state index contributed by atoms with van der Waals surface area (Å²) in [6, 6.07) is 46.1. The van der Waals surface area contributed by atoms with Gasteiger partial charge in [-0.25, -0.2) is 9.97 Å². The van der Waals surface area contributed by atoms with Crippen molar-refractivity contribution in [2.75, 3.05) is 9.80 Å². The van der Waals surface area contributed by atoms with Gasteiger partial charge in [-0.15, -0.1) is 0 Å². The van der Waals surface area contributed by atoms with Gasteiger partial charge >= 0.3 is 0 Å². The first-order valence-corrected chi connectivity index (χ1v) is 21.5. The van der Waals surface area contributed by atoms with Crippen molar-refractivity contribution in [3.05, 3.63) is 174 Å². The van der Waals surface area contributed by atoms with E-state index in [1.165, 1.54) is 47.1 Å². The molecular formula is C54H57N5. The Kier molecular flexibility index (Phi) is 11.5. The lowest BCUT2D eigenvalue weighted by Gasteiger charge is -2.33. The van der Waals surface area contributed by atoms with Crippen LogP contribution in [0.15, 0.2) is 146 Å². The Labute approximate surface area is 351 Å².